The summed E-state index contributed by atoms with van der Waals surface area (Å²) >= 11 is 0. The second kappa shape index (κ2) is 8.72. The zero-order chi connectivity index (χ0) is 18.6. The molecule has 1 heterocycles. The molecule has 1 aromatic rings. The number of benzene rings is 1. The third-order valence-electron chi connectivity index (χ3n) is 6.59. The number of nitrogens with one attached hydrogen (secondary N) is 1. The van der Waals surface area contributed by atoms with E-state index in [-0.39, 0.29) is 12.0 Å². The highest BCUT2D eigenvalue weighted by Gasteiger charge is 2.40. The number of rotatable bonds is 5. The lowest BCUT2D eigenvalue weighted by molar-refractivity contribution is -0.128. The van der Waals surface area contributed by atoms with Crippen LogP contribution in [0.15, 0.2) is 30.3 Å². The van der Waals surface area contributed by atoms with E-state index in [2.05, 4.69) is 34.5 Å². The van der Waals surface area contributed by atoms with Crippen molar-refractivity contribution in [3.63, 3.8) is 0 Å². The number of nitrogens with two attached hydrogens (primary N) is 1. The summed E-state index contributed by atoms with van der Waals surface area (Å²) in [4.78, 5) is 15.1. The number of ether oxygens (including phenoxy) is 1. The van der Waals surface area contributed by atoms with E-state index < -0.39 is 0 Å². The van der Waals surface area contributed by atoms with Crippen LogP contribution >= 0.6 is 0 Å². The van der Waals surface area contributed by atoms with Gasteiger partial charge in [0.2, 0.25) is 5.91 Å². The normalized spacial score (nSPS) is 34.2. The average Bonchev–Trinajstić information content (AvgIpc) is 2.63. The molecule has 0 spiro atoms. The fourth-order valence-electron chi connectivity index (χ4n) is 5.37. The highest BCUT2D eigenvalue weighted by Crippen LogP contribution is 2.39. The lowest BCUT2D eigenvalue weighted by Crippen LogP contribution is -2.54. The first-order valence-corrected chi connectivity index (χ1v) is 10.6. The zero-order valence-electron chi connectivity index (χ0n) is 16.2. The molecule has 3 atom stereocenters. The van der Waals surface area contributed by atoms with Gasteiger partial charge in [-0.05, 0) is 43.1 Å². The summed E-state index contributed by atoms with van der Waals surface area (Å²) < 4.78 is 5.89. The maximum atomic E-state index is 12.7. The van der Waals surface area contributed by atoms with Crippen LogP contribution in [0.25, 0.3) is 0 Å². The van der Waals surface area contributed by atoms with Gasteiger partial charge in [0.05, 0.1) is 19.1 Å². The first kappa shape index (κ1) is 18.9. The minimum absolute atomic E-state index is 0.00634. The predicted octanol–water partition coefficient (Wildman–Crippen LogP) is 2.30. The summed E-state index contributed by atoms with van der Waals surface area (Å²) in [5.41, 5.74) is 7.52. The quantitative estimate of drug-likeness (QED) is 0.833. The Kier molecular flexibility index (Phi) is 6.11. The Bertz CT molecular complexity index is 609. The van der Waals surface area contributed by atoms with Crippen molar-refractivity contribution in [2.45, 2.75) is 63.3 Å². The molecule has 27 heavy (non-hydrogen) atoms. The Labute approximate surface area is 162 Å². The van der Waals surface area contributed by atoms with Crippen molar-refractivity contribution in [1.82, 2.24) is 10.2 Å². The molecule has 2 bridgehead atoms. The number of carbonyl (C=O) groups is 1. The molecule has 1 aromatic carbocycles. The van der Waals surface area contributed by atoms with Crippen molar-refractivity contribution < 1.29 is 9.53 Å². The van der Waals surface area contributed by atoms with Crippen LogP contribution in [-0.2, 0) is 16.1 Å². The summed E-state index contributed by atoms with van der Waals surface area (Å²) in [7, 11) is 0. The highest BCUT2D eigenvalue weighted by molar-refractivity contribution is 5.77. The molecule has 1 amide bonds. The maximum Gasteiger partial charge on any atom is 0.222 e. The van der Waals surface area contributed by atoms with Gasteiger partial charge in [-0.25, -0.2) is 0 Å². The Balaban J connectivity index is 1.28. The van der Waals surface area contributed by atoms with E-state index in [0.29, 0.717) is 36.9 Å². The Morgan fingerprint density at radius 1 is 1.19 bits per heavy atom. The molecule has 3 N–H and O–H groups in total. The van der Waals surface area contributed by atoms with Crippen molar-refractivity contribution in [3.05, 3.63) is 35.9 Å². The topological polar surface area (TPSA) is 67.6 Å². The van der Waals surface area contributed by atoms with Gasteiger partial charge < -0.3 is 15.8 Å². The summed E-state index contributed by atoms with van der Waals surface area (Å²) in [6.45, 7) is 3.38. The number of nitrogens with zero attached hydrogens (tertiary/aromatic N) is 1. The van der Waals surface area contributed by atoms with E-state index in [0.717, 1.165) is 32.5 Å². The SMILES string of the molecule is NC1CC2CCCC(C1)C2NC(=O)CC1CN(Cc2ccccc2)CCO1. The smallest absolute Gasteiger partial charge is 0.222 e. The minimum Gasteiger partial charge on any atom is -0.375 e. The molecule has 0 aromatic heterocycles. The molecule has 2 aliphatic carbocycles. The molecule has 1 aliphatic heterocycles. The van der Waals surface area contributed by atoms with E-state index in [1.807, 2.05) is 6.07 Å². The molecule has 2 saturated carbocycles. The number of morpholine rings is 1. The largest absolute Gasteiger partial charge is 0.375 e. The van der Waals surface area contributed by atoms with Crippen LogP contribution in [0.4, 0.5) is 0 Å². The van der Waals surface area contributed by atoms with E-state index in [1.54, 1.807) is 0 Å². The Morgan fingerprint density at radius 2 is 1.93 bits per heavy atom. The number of hydrogen-bond acceptors (Lipinski definition) is 4. The Hall–Kier alpha value is -1.43. The van der Waals surface area contributed by atoms with E-state index in [9.17, 15) is 4.79 Å². The fraction of sp³-hybridized carbons (Fsp3) is 0.682. The van der Waals surface area contributed by atoms with Gasteiger partial charge in [-0.3, -0.25) is 9.69 Å². The molecule has 3 fully saturated rings. The van der Waals surface area contributed by atoms with Crippen LogP contribution in [0.5, 0.6) is 0 Å². The number of hydrogen-bond donors (Lipinski definition) is 2. The molecule has 1 saturated heterocycles. The average molecular weight is 372 g/mol. The lowest BCUT2D eigenvalue weighted by Gasteiger charge is -2.45. The fourth-order valence-corrected chi connectivity index (χ4v) is 5.37. The monoisotopic (exact) mass is 371 g/mol. The summed E-state index contributed by atoms with van der Waals surface area (Å²) in [5.74, 6) is 1.29. The number of amides is 1. The van der Waals surface area contributed by atoms with Crippen LogP contribution in [-0.4, -0.2) is 48.7 Å². The van der Waals surface area contributed by atoms with Crippen LogP contribution in [0.1, 0.15) is 44.1 Å². The molecule has 3 aliphatic rings. The van der Waals surface area contributed by atoms with Crippen molar-refractivity contribution in [1.29, 1.82) is 0 Å². The molecule has 0 radical (unpaired) electrons. The first-order chi connectivity index (χ1) is 13.2. The standard InChI is InChI=1S/C22H33N3O2/c23-19-11-17-7-4-8-18(12-19)22(17)24-21(26)13-20-15-25(9-10-27-20)14-16-5-2-1-3-6-16/h1-3,5-6,17-20,22H,4,7-15,23H2,(H,24,26). The van der Waals surface area contributed by atoms with Gasteiger partial charge in [-0.2, -0.15) is 0 Å². The van der Waals surface area contributed by atoms with Crippen LogP contribution in [0, 0.1) is 11.8 Å². The molecular formula is C22H33N3O2. The molecule has 4 rings (SSSR count). The second-order valence-corrected chi connectivity index (χ2v) is 8.69. The van der Waals surface area contributed by atoms with E-state index in [4.69, 9.17) is 10.5 Å². The van der Waals surface area contributed by atoms with Gasteiger partial charge in [0.15, 0.2) is 0 Å². The van der Waals surface area contributed by atoms with Gasteiger partial charge in [0, 0.05) is 31.7 Å². The van der Waals surface area contributed by atoms with E-state index >= 15 is 0 Å². The number of fused-ring (bicyclic) bond motifs is 2. The van der Waals surface area contributed by atoms with Gasteiger partial charge in [-0.1, -0.05) is 36.8 Å². The third kappa shape index (κ3) is 4.89. The highest BCUT2D eigenvalue weighted by atomic mass is 16.5. The zero-order valence-corrected chi connectivity index (χ0v) is 16.2. The van der Waals surface area contributed by atoms with Gasteiger partial charge >= 0.3 is 0 Å². The predicted molar refractivity (Wildman–Crippen MR) is 106 cm³/mol. The van der Waals surface area contributed by atoms with Crippen LogP contribution in [0.3, 0.4) is 0 Å². The molecule has 148 valence electrons. The van der Waals surface area contributed by atoms with Gasteiger partial charge in [0.1, 0.15) is 0 Å². The summed E-state index contributed by atoms with van der Waals surface area (Å²) in [6.07, 6.45) is 6.29. The van der Waals surface area contributed by atoms with Crippen molar-refractivity contribution >= 4 is 5.91 Å². The molecular weight excluding hydrogens is 338 g/mol. The van der Waals surface area contributed by atoms with Crippen LogP contribution < -0.4 is 11.1 Å². The van der Waals surface area contributed by atoms with E-state index in [1.165, 1.54) is 24.8 Å². The molecule has 5 heteroatoms. The lowest BCUT2D eigenvalue weighted by atomic mass is 9.67. The summed E-state index contributed by atoms with van der Waals surface area (Å²) in [5, 5.41) is 3.36. The summed E-state index contributed by atoms with van der Waals surface area (Å²) in [6, 6.07) is 11.2. The molecule has 5 nitrogen and oxygen atoms in total. The second-order valence-electron chi connectivity index (χ2n) is 8.69. The van der Waals surface area contributed by atoms with Gasteiger partial charge in [-0.15, -0.1) is 0 Å². The number of carbonyl (C=O) groups excluding carboxylic acids is 1. The van der Waals surface area contributed by atoms with Gasteiger partial charge in [0.25, 0.3) is 0 Å². The molecule has 3 unspecified atom stereocenters. The Morgan fingerprint density at radius 3 is 2.67 bits per heavy atom. The first-order valence-electron chi connectivity index (χ1n) is 10.6. The van der Waals surface area contributed by atoms with Crippen molar-refractivity contribution in [2.24, 2.45) is 17.6 Å². The van der Waals surface area contributed by atoms with Crippen LogP contribution in [0.2, 0.25) is 0 Å². The van der Waals surface area contributed by atoms with Crippen molar-refractivity contribution in [3.8, 4) is 0 Å². The minimum atomic E-state index is -0.00634. The van der Waals surface area contributed by atoms with Crippen molar-refractivity contribution in [2.75, 3.05) is 19.7 Å². The third-order valence-corrected chi connectivity index (χ3v) is 6.59. The maximum absolute atomic E-state index is 12.7.